The number of aryl methyl sites for hydroxylation is 2. The van der Waals surface area contributed by atoms with Crippen LogP contribution in [0.5, 0.6) is 0 Å². The van der Waals surface area contributed by atoms with E-state index in [0.29, 0.717) is 5.56 Å². The standard InChI is InChI=1S/C18H21FN2O3S/c1-13-8-9-15(12-14(13)2)18(22)20-10-11-21(25(3,23)24)17-7-5-4-6-16(17)19/h4-9,12H,10-11H2,1-3H3,(H,20,22). The summed E-state index contributed by atoms with van der Waals surface area (Å²) in [5, 5.41) is 2.67. The molecule has 0 aromatic heterocycles. The quantitative estimate of drug-likeness (QED) is 0.857. The molecule has 0 aliphatic rings. The van der Waals surface area contributed by atoms with Crippen molar-refractivity contribution in [1.82, 2.24) is 5.32 Å². The highest BCUT2D eigenvalue weighted by atomic mass is 32.2. The number of anilines is 1. The van der Waals surface area contributed by atoms with Crippen molar-refractivity contribution in [1.29, 1.82) is 0 Å². The maximum atomic E-state index is 13.9. The van der Waals surface area contributed by atoms with Gasteiger partial charge in [0.25, 0.3) is 5.91 Å². The molecular weight excluding hydrogens is 343 g/mol. The van der Waals surface area contributed by atoms with Gasteiger partial charge < -0.3 is 5.32 Å². The lowest BCUT2D eigenvalue weighted by atomic mass is 10.1. The van der Waals surface area contributed by atoms with Crippen LogP contribution in [0.2, 0.25) is 0 Å². The van der Waals surface area contributed by atoms with Crippen molar-refractivity contribution < 1.29 is 17.6 Å². The summed E-state index contributed by atoms with van der Waals surface area (Å²) in [6.45, 7) is 3.87. The molecule has 0 bridgehead atoms. The number of rotatable bonds is 6. The third kappa shape index (κ3) is 4.79. The van der Waals surface area contributed by atoms with Gasteiger partial charge in [0, 0.05) is 12.1 Å². The number of sulfonamides is 1. The molecule has 0 aliphatic carbocycles. The molecule has 0 saturated heterocycles. The van der Waals surface area contributed by atoms with E-state index in [2.05, 4.69) is 5.32 Å². The Morgan fingerprint density at radius 2 is 1.80 bits per heavy atom. The summed E-state index contributed by atoms with van der Waals surface area (Å²) in [6.07, 6.45) is 1.00. The van der Waals surface area contributed by atoms with Gasteiger partial charge in [-0.2, -0.15) is 0 Å². The molecule has 0 saturated carbocycles. The van der Waals surface area contributed by atoms with E-state index >= 15 is 0 Å². The van der Waals surface area contributed by atoms with E-state index in [4.69, 9.17) is 0 Å². The van der Waals surface area contributed by atoms with Crippen LogP contribution in [0.3, 0.4) is 0 Å². The van der Waals surface area contributed by atoms with Gasteiger partial charge in [0.2, 0.25) is 10.0 Å². The number of carbonyl (C=O) groups excluding carboxylic acids is 1. The summed E-state index contributed by atoms with van der Waals surface area (Å²) >= 11 is 0. The van der Waals surface area contributed by atoms with Crippen molar-refractivity contribution in [3.05, 3.63) is 65.0 Å². The Balaban J connectivity index is 2.08. The van der Waals surface area contributed by atoms with Gasteiger partial charge in [-0.3, -0.25) is 9.10 Å². The lowest BCUT2D eigenvalue weighted by Gasteiger charge is -2.23. The molecule has 0 atom stereocenters. The fraction of sp³-hybridized carbons (Fsp3) is 0.278. The van der Waals surface area contributed by atoms with Crippen LogP contribution in [0.4, 0.5) is 10.1 Å². The van der Waals surface area contributed by atoms with Gasteiger partial charge in [-0.25, -0.2) is 12.8 Å². The minimum absolute atomic E-state index is 0.0366. The zero-order valence-electron chi connectivity index (χ0n) is 14.4. The lowest BCUT2D eigenvalue weighted by molar-refractivity contribution is 0.0954. The highest BCUT2D eigenvalue weighted by Crippen LogP contribution is 2.20. The van der Waals surface area contributed by atoms with Crippen molar-refractivity contribution in [2.75, 3.05) is 23.7 Å². The van der Waals surface area contributed by atoms with Gasteiger partial charge in [0.05, 0.1) is 18.5 Å². The molecule has 0 radical (unpaired) electrons. The molecule has 0 aliphatic heterocycles. The molecule has 0 unspecified atom stereocenters. The largest absolute Gasteiger partial charge is 0.350 e. The average molecular weight is 364 g/mol. The monoisotopic (exact) mass is 364 g/mol. The van der Waals surface area contributed by atoms with Crippen LogP contribution >= 0.6 is 0 Å². The zero-order chi connectivity index (χ0) is 18.6. The third-order valence-electron chi connectivity index (χ3n) is 3.89. The van der Waals surface area contributed by atoms with E-state index in [-0.39, 0.29) is 24.7 Å². The molecule has 5 nitrogen and oxygen atoms in total. The normalized spacial score (nSPS) is 11.2. The SMILES string of the molecule is Cc1ccc(C(=O)NCCN(c2ccccc2F)S(C)(=O)=O)cc1C. The van der Waals surface area contributed by atoms with Gasteiger partial charge >= 0.3 is 0 Å². The predicted molar refractivity (Wildman–Crippen MR) is 96.8 cm³/mol. The number of hydrogen-bond donors (Lipinski definition) is 1. The molecule has 7 heteroatoms. The number of benzene rings is 2. The van der Waals surface area contributed by atoms with Crippen LogP contribution in [-0.2, 0) is 10.0 Å². The minimum Gasteiger partial charge on any atom is -0.350 e. The van der Waals surface area contributed by atoms with Crippen molar-refractivity contribution in [2.24, 2.45) is 0 Å². The van der Waals surface area contributed by atoms with Crippen molar-refractivity contribution in [2.45, 2.75) is 13.8 Å². The van der Waals surface area contributed by atoms with E-state index in [1.54, 1.807) is 18.2 Å². The summed E-state index contributed by atoms with van der Waals surface area (Å²) in [6, 6.07) is 11.0. The van der Waals surface area contributed by atoms with Gasteiger partial charge in [-0.15, -0.1) is 0 Å². The van der Waals surface area contributed by atoms with Crippen molar-refractivity contribution in [3.8, 4) is 0 Å². The Bertz CT molecular complexity index is 882. The van der Waals surface area contributed by atoms with E-state index < -0.39 is 15.8 Å². The first-order valence-corrected chi connectivity index (χ1v) is 9.62. The van der Waals surface area contributed by atoms with Crippen LogP contribution in [0, 0.1) is 19.7 Å². The van der Waals surface area contributed by atoms with Crippen LogP contribution in [-0.4, -0.2) is 33.7 Å². The van der Waals surface area contributed by atoms with E-state index in [1.165, 1.54) is 18.2 Å². The molecule has 25 heavy (non-hydrogen) atoms. The first-order valence-electron chi connectivity index (χ1n) is 7.78. The summed E-state index contributed by atoms with van der Waals surface area (Å²) in [5.41, 5.74) is 2.54. The van der Waals surface area contributed by atoms with Crippen molar-refractivity contribution >= 4 is 21.6 Å². The maximum absolute atomic E-state index is 13.9. The number of hydrogen-bond acceptors (Lipinski definition) is 3. The van der Waals surface area contributed by atoms with Crippen LogP contribution in [0.15, 0.2) is 42.5 Å². The highest BCUT2D eigenvalue weighted by Gasteiger charge is 2.20. The van der Waals surface area contributed by atoms with E-state index in [1.807, 2.05) is 19.9 Å². The molecule has 0 fully saturated rings. The van der Waals surface area contributed by atoms with Gasteiger partial charge in [0.15, 0.2) is 0 Å². The molecule has 2 aromatic rings. The Labute approximate surface area is 147 Å². The molecule has 0 spiro atoms. The summed E-state index contributed by atoms with van der Waals surface area (Å²) in [5.74, 6) is -0.932. The fourth-order valence-electron chi connectivity index (χ4n) is 2.37. The number of halogens is 1. The van der Waals surface area contributed by atoms with Crippen LogP contribution < -0.4 is 9.62 Å². The smallest absolute Gasteiger partial charge is 0.251 e. The molecule has 1 amide bonds. The number of nitrogens with one attached hydrogen (secondary N) is 1. The van der Waals surface area contributed by atoms with Crippen LogP contribution in [0.25, 0.3) is 0 Å². The molecule has 2 rings (SSSR count). The third-order valence-corrected chi connectivity index (χ3v) is 5.07. The first kappa shape index (κ1) is 18.9. The Morgan fingerprint density at radius 3 is 2.40 bits per heavy atom. The number of nitrogens with zero attached hydrogens (tertiary/aromatic N) is 1. The lowest BCUT2D eigenvalue weighted by Crippen LogP contribution is -2.38. The second-order valence-corrected chi connectivity index (χ2v) is 7.75. The Kier molecular flexibility index (Phi) is 5.79. The maximum Gasteiger partial charge on any atom is 0.251 e. The molecule has 134 valence electrons. The average Bonchev–Trinajstić information content (AvgIpc) is 2.54. The Morgan fingerprint density at radius 1 is 1.12 bits per heavy atom. The summed E-state index contributed by atoms with van der Waals surface area (Å²) in [4.78, 5) is 12.2. The first-order chi connectivity index (χ1) is 11.7. The van der Waals surface area contributed by atoms with Gasteiger partial charge in [0.1, 0.15) is 5.82 Å². The topological polar surface area (TPSA) is 66.5 Å². The zero-order valence-corrected chi connectivity index (χ0v) is 15.2. The minimum atomic E-state index is -3.67. The van der Waals surface area contributed by atoms with E-state index in [0.717, 1.165) is 21.7 Å². The van der Waals surface area contributed by atoms with Crippen molar-refractivity contribution in [3.63, 3.8) is 0 Å². The van der Waals surface area contributed by atoms with Crippen LogP contribution in [0.1, 0.15) is 21.5 Å². The molecule has 2 aromatic carbocycles. The summed E-state index contributed by atoms with van der Waals surface area (Å²) in [7, 11) is -3.67. The fourth-order valence-corrected chi connectivity index (χ4v) is 3.30. The second kappa shape index (κ2) is 7.65. The van der Waals surface area contributed by atoms with Gasteiger partial charge in [-0.1, -0.05) is 18.2 Å². The number of amides is 1. The Hall–Kier alpha value is -2.41. The highest BCUT2D eigenvalue weighted by molar-refractivity contribution is 7.92. The second-order valence-electron chi connectivity index (χ2n) is 5.84. The van der Waals surface area contributed by atoms with E-state index in [9.17, 15) is 17.6 Å². The molecular formula is C18H21FN2O3S. The molecule has 1 N–H and O–H groups in total. The number of para-hydroxylation sites is 1. The number of carbonyl (C=O) groups is 1. The predicted octanol–water partition coefficient (Wildman–Crippen LogP) is 2.64. The summed E-state index contributed by atoms with van der Waals surface area (Å²) < 4.78 is 38.8. The van der Waals surface area contributed by atoms with Gasteiger partial charge in [-0.05, 0) is 49.2 Å². The molecule has 0 heterocycles.